The summed E-state index contributed by atoms with van der Waals surface area (Å²) in [7, 11) is 0. The summed E-state index contributed by atoms with van der Waals surface area (Å²) in [6.45, 7) is 1.97. The molecule has 6 heteroatoms. The summed E-state index contributed by atoms with van der Waals surface area (Å²) in [6, 6.07) is 15.7. The summed E-state index contributed by atoms with van der Waals surface area (Å²) in [5.41, 5.74) is 2.79. The van der Waals surface area contributed by atoms with Crippen molar-refractivity contribution in [3.05, 3.63) is 88.4 Å². The van der Waals surface area contributed by atoms with Crippen molar-refractivity contribution >= 4 is 11.5 Å². The highest BCUT2D eigenvalue weighted by Crippen LogP contribution is 2.19. The van der Waals surface area contributed by atoms with E-state index in [1.54, 1.807) is 29.2 Å². The molecule has 3 rings (SSSR count). The number of rotatable bonds is 5. The van der Waals surface area contributed by atoms with Crippen LogP contribution in [0.1, 0.15) is 15.9 Å². The molecule has 0 N–H and O–H groups in total. The zero-order chi connectivity index (χ0) is 17.8. The molecule has 1 heterocycles. The Hall–Kier alpha value is -3.41. The fourth-order valence-corrected chi connectivity index (χ4v) is 2.69. The van der Waals surface area contributed by atoms with Gasteiger partial charge in [0.05, 0.1) is 10.5 Å². The number of nitro groups is 1. The second-order valence-corrected chi connectivity index (χ2v) is 5.66. The Kier molecular flexibility index (Phi) is 4.61. The largest absolute Gasteiger partial charge is 0.289 e. The van der Waals surface area contributed by atoms with Crippen LogP contribution in [0.2, 0.25) is 0 Å². The lowest BCUT2D eigenvalue weighted by molar-refractivity contribution is -0.675. The lowest BCUT2D eigenvalue weighted by atomic mass is 10.1. The molecule has 0 amide bonds. The van der Waals surface area contributed by atoms with E-state index >= 15 is 0 Å². The van der Waals surface area contributed by atoms with Crippen LogP contribution in [0.25, 0.3) is 11.3 Å². The first-order valence-electron chi connectivity index (χ1n) is 7.73. The lowest BCUT2D eigenvalue weighted by Crippen LogP contribution is -2.40. The number of ketones is 1. The molecule has 6 nitrogen and oxygen atoms in total. The fourth-order valence-electron chi connectivity index (χ4n) is 2.69. The Morgan fingerprint density at radius 2 is 1.96 bits per heavy atom. The van der Waals surface area contributed by atoms with Gasteiger partial charge in [0.15, 0.2) is 6.54 Å². The monoisotopic (exact) mass is 334 g/mol. The molecule has 0 aliphatic heterocycles. The molecule has 25 heavy (non-hydrogen) atoms. The molecule has 3 aromatic rings. The zero-order valence-electron chi connectivity index (χ0n) is 13.6. The highest BCUT2D eigenvalue weighted by Gasteiger charge is 2.22. The predicted molar refractivity (Wildman–Crippen MR) is 92.0 cm³/mol. The molecule has 0 fully saturated rings. The van der Waals surface area contributed by atoms with Gasteiger partial charge in [-0.25, -0.2) is 4.57 Å². The molecule has 0 saturated heterocycles. The molecule has 0 saturated carbocycles. The maximum absolute atomic E-state index is 12.6. The third-order valence-electron chi connectivity index (χ3n) is 3.86. The number of hydrogen-bond acceptors (Lipinski definition) is 4. The molecular formula is C19H16N3O3+. The average molecular weight is 334 g/mol. The van der Waals surface area contributed by atoms with Gasteiger partial charge in [0, 0.05) is 17.7 Å². The molecule has 0 spiro atoms. The van der Waals surface area contributed by atoms with E-state index < -0.39 is 4.92 Å². The molecule has 0 atom stereocenters. The number of aryl methyl sites for hydroxylation is 1. The normalized spacial score (nSPS) is 10.4. The third kappa shape index (κ3) is 3.58. The van der Waals surface area contributed by atoms with Gasteiger partial charge < -0.3 is 0 Å². The minimum Gasteiger partial charge on any atom is -0.289 e. The summed E-state index contributed by atoms with van der Waals surface area (Å²) in [5, 5.41) is 11.1. The molecule has 0 bridgehead atoms. The molecule has 0 aliphatic carbocycles. The molecule has 1 aromatic heterocycles. The van der Waals surface area contributed by atoms with Crippen molar-refractivity contribution in [1.82, 2.24) is 4.98 Å². The summed E-state index contributed by atoms with van der Waals surface area (Å²) in [6.07, 6.45) is 3.22. The van der Waals surface area contributed by atoms with Crippen LogP contribution in [-0.2, 0) is 6.54 Å². The second-order valence-electron chi connectivity index (χ2n) is 5.66. The number of para-hydroxylation sites is 1. The van der Waals surface area contributed by atoms with E-state index in [-0.39, 0.29) is 23.6 Å². The Bertz CT molecular complexity index is 954. The SMILES string of the molecule is Cc1cccc(-c2ccnc[n+]2CC(=O)c2ccccc2[N+](=O)[O-])c1. The van der Waals surface area contributed by atoms with E-state index in [9.17, 15) is 14.9 Å². The van der Waals surface area contributed by atoms with Gasteiger partial charge in [-0.2, -0.15) is 0 Å². The van der Waals surface area contributed by atoms with Gasteiger partial charge in [-0.1, -0.05) is 40.9 Å². The minimum absolute atomic E-state index is 0.0258. The van der Waals surface area contributed by atoms with Crippen molar-refractivity contribution in [2.24, 2.45) is 0 Å². The summed E-state index contributed by atoms with van der Waals surface area (Å²) in [4.78, 5) is 27.3. The smallest absolute Gasteiger partial charge is 0.286 e. The van der Waals surface area contributed by atoms with E-state index in [0.29, 0.717) is 0 Å². The van der Waals surface area contributed by atoms with Crippen LogP contribution >= 0.6 is 0 Å². The first-order valence-corrected chi connectivity index (χ1v) is 7.73. The van der Waals surface area contributed by atoms with Gasteiger partial charge in [-0.3, -0.25) is 14.9 Å². The quantitative estimate of drug-likeness (QED) is 0.311. The van der Waals surface area contributed by atoms with Crippen LogP contribution < -0.4 is 4.57 Å². The fraction of sp³-hybridized carbons (Fsp3) is 0.105. The van der Waals surface area contributed by atoms with E-state index in [1.807, 2.05) is 37.3 Å². The molecular weight excluding hydrogens is 318 g/mol. The number of Topliss-reactive ketones (excluding diaryl/α,β-unsaturated/α-hetero) is 1. The lowest BCUT2D eigenvalue weighted by Gasteiger charge is -2.07. The molecule has 0 aliphatic rings. The first kappa shape index (κ1) is 16.4. The number of carbonyl (C=O) groups is 1. The Morgan fingerprint density at radius 1 is 1.16 bits per heavy atom. The van der Waals surface area contributed by atoms with Crippen LogP contribution in [0.4, 0.5) is 5.69 Å². The van der Waals surface area contributed by atoms with Crippen LogP contribution in [0.15, 0.2) is 67.1 Å². The van der Waals surface area contributed by atoms with Gasteiger partial charge in [-0.05, 0) is 19.1 Å². The van der Waals surface area contributed by atoms with Gasteiger partial charge in [-0.15, -0.1) is 0 Å². The minimum atomic E-state index is -0.539. The van der Waals surface area contributed by atoms with Crippen molar-refractivity contribution in [3.8, 4) is 11.3 Å². The number of carbonyl (C=O) groups excluding carboxylic acids is 1. The Labute approximate surface area is 144 Å². The molecule has 0 unspecified atom stereocenters. The third-order valence-corrected chi connectivity index (χ3v) is 3.86. The topological polar surface area (TPSA) is 77.0 Å². The number of nitro benzene ring substituents is 1. The van der Waals surface area contributed by atoms with E-state index in [4.69, 9.17) is 0 Å². The highest BCUT2D eigenvalue weighted by molar-refractivity contribution is 5.98. The van der Waals surface area contributed by atoms with Gasteiger partial charge in [0.2, 0.25) is 5.78 Å². The number of nitrogens with zero attached hydrogens (tertiary/aromatic N) is 3. The van der Waals surface area contributed by atoms with Crippen LogP contribution in [-0.4, -0.2) is 15.7 Å². The molecule has 2 aromatic carbocycles. The first-order chi connectivity index (χ1) is 12.1. The van der Waals surface area contributed by atoms with Crippen LogP contribution in [0.5, 0.6) is 0 Å². The predicted octanol–water partition coefficient (Wildman–Crippen LogP) is 3.14. The number of aromatic nitrogens is 2. The maximum atomic E-state index is 12.6. The highest BCUT2D eigenvalue weighted by atomic mass is 16.6. The second kappa shape index (κ2) is 7.00. The van der Waals surface area contributed by atoms with Crippen LogP contribution in [0, 0.1) is 17.0 Å². The van der Waals surface area contributed by atoms with Gasteiger partial charge in [0.1, 0.15) is 11.9 Å². The van der Waals surface area contributed by atoms with Gasteiger partial charge >= 0.3 is 0 Å². The Balaban J connectivity index is 1.97. The van der Waals surface area contributed by atoms with Crippen molar-refractivity contribution in [1.29, 1.82) is 0 Å². The molecule has 124 valence electrons. The van der Waals surface area contributed by atoms with E-state index in [1.165, 1.54) is 12.1 Å². The van der Waals surface area contributed by atoms with Crippen LogP contribution in [0.3, 0.4) is 0 Å². The van der Waals surface area contributed by atoms with E-state index in [2.05, 4.69) is 4.98 Å². The summed E-state index contributed by atoms with van der Waals surface area (Å²) >= 11 is 0. The standard InChI is InChI=1S/C19H16N3O3/c1-14-5-4-6-15(11-14)17-9-10-20-13-21(17)12-19(23)16-7-2-3-8-18(16)22(24)25/h2-11,13H,12H2,1H3/q+1. The number of hydrogen-bond donors (Lipinski definition) is 0. The maximum Gasteiger partial charge on any atom is 0.286 e. The zero-order valence-corrected chi connectivity index (χ0v) is 13.6. The van der Waals surface area contributed by atoms with Crippen molar-refractivity contribution < 1.29 is 14.3 Å². The van der Waals surface area contributed by atoms with Crippen molar-refractivity contribution in [2.75, 3.05) is 0 Å². The van der Waals surface area contributed by atoms with E-state index in [0.717, 1.165) is 16.8 Å². The Morgan fingerprint density at radius 3 is 2.72 bits per heavy atom. The summed E-state index contributed by atoms with van der Waals surface area (Å²) < 4.78 is 1.70. The van der Waals surface area contributed by atoms with Gasteiger partial charge in [0.25, 0.3) is 12.0 Å². The average Bonchev–Trinajstić information content (AvgIpc) is 2.62. The molecule has 0 radical (unpaired) electrons. The van der Waals surface area contributed by atoms with Crippen molar-refractivity contribution in [3.63, 3.8) is 0 Å². The number of benzene rings is 2. The van der Waals surface area contributed by atoms with Crippen molar-refractivity contribution in [2.45, 2.75) is 13.5 Å². The summed E-state index contributed by atoms with van der Waals surface area (Å²) in [5.74, 6) is -0.334.